The Hall–Kier alpha value is -3.15. The molecule has 0 bridgehead atoms. The van der Waals surface area contributed by atoms with Gasteiger partial charge in [0.15, 0.2) is 0 Å². The molecule has 2 heterocycles. The second kappa shape index (κ2) is 10.1. The number of fused-ring (bicyclic) bond motifs is 1. The van der Waals surface area contributed by atoms with Crippen LogP contribution in [-0.2, 0) is 27.3 Å². The standard InChI is InChI=1S/C22H23N3O4S/c1-3-29-18-7-5-4-6-15(18)8-9-20(26)24-22-17(12-23)16-10-11-25(13-19(16)30-22)21(27)14-28-2/h4-9H,3,10-11,13-14H2,1-2H3,(H,24,26). The first-order valence-corrected chi connectivity index (χ1v) is 10.4. The lowest BCUT2D eigenvalue weighted by Gasteiger charge is -2.26. The predicted octanol–water partition coefficient (Wildman–Crippen LogP) is 3.20. The molecule has 3 rings (SSSR count). The van der Waals surface area contributed by atoms with Gasteiger partial charge in [0.25, 0.3) is 0 Å². The molecule has 0 unspecified atom stereocenters. The Morgan fingerprint density at radius 2 is 2.17 bits per heavy atom. The van der Waals surface area contributed by atoms with E-state index in [0.29, 0.717) is 42.4 Å². The van der Waals surface area contributed by atoms with Crippen molar-refractivity contribution in [3.05, 3.63) is 51.9 Å². The minimum Gasteiger partial charge on any atom is -0.493 e. The van der Waals surface area contributed by atoms with Crippen LogP contribution < -0.4 is 10.1 Å². The van der Waals surface area contributed by atoms with Crippen LogP contribution in [0.3, 0.4) is 0 Å². The van der Waals surface area contributed by atoms with E-state index in [1.54, 1.807) is 11.0 Å². The van der Waals surface area contributed by atoms with Gasteiger partial charge in [0.05, 0.1) is 18.7 Å². The van der Waals surface area contributed by atoms with Crippen LogP contribution in [0.1, 0.15) is 28.5 Å². The fourth-order valence-corrected chi connectivity index (χ4v) is 4.48. The Morgan fingerprint density at radius 3 is 2.90 bits per heavy atom. The number of nitrogens with zero attached hydrogens (tertiary/aromatic N) is 2. The molecule has 0 radical (unpaired) electrons. The van der Waals surface area contributed by atoms with Crippen LogP contribution in [0.5, 0.6) is 5.75 Å². The zero-order chi connectivity index (χ0) is 21.5. The van der Waals surface area contributed by atoms with Crippen LogP contribution in [0.15, 0.2) is 30.3 Å². The third-order valence-corrected chi connectivity index (χ3v) is 5.79. The van der Waals surface area contributed by atoms with E-state index in [2.05, 4.69) is 11.4 Å². The largest absolute Gasteiger partial charge is 0.493 e. The van der Waals surface area contributed by atoms with Crippen LogP contribution >= 0.6 is 11.3 Å². The van der Waals surface area contributed by atoms with Crippen molar-refractivity contribution in [2.24, 2.45) is 0 Å². The molecule has 1 aromatic carbocycles. The van der Waals surface area contributed by atoms with Gasteiger partial charge in [-0.05, 0) is 31.1 Å². The van der Waals surface area contributed by atoms with Crippen molar-refractivity contribution in [2.45, 2.75) is 19.9 Å². The highest BCUT2D eigenvalue weighted by Gasteiger charge is 2.27. The van der Waals surface area contributed by atoms with E-state index < -0.39 is 0 Å². The number of amides is 2. The van der Waals surface area contributed by atoms with Crippen molar-refractivity contribution >= 4 is 34.2 Å². The fourth-order valence-electron chi connectivity index (χ4n) is 3.26. The molecular formula is C22H23N3O4S. The first-order chi connectivity index (χ1) is 14.6. The lowest BCUT2D eigenvalue weighted by Crippen LogP contribution is -2.37. The minimum absolute atomic E-state index is 0.0312. The van der Waals surface area contributed by atoms with Crippen molar-refractivity contribution in [1.82, 2.24) is 4.90 Å². The number of rotatable bonds is 7. The molecule has 1 N–H and O–H groups in total. The van der Waals surface area contributed by atoms with E-state index >= 15 is 0 Å². The number of carbonyl (C=O) groups is 2. The smallest absolute Gasteiger partial charge is 0.249 e. The van der Waals surface area contributed by atoms with E-state index in [0.717, 1.165) is 16.0 Å². The fraction of sp³-hybridized carbons (Fsp3) is 0.318. The third-order valence-electron chi connectivity index (χ3n) is 4.66. The molecule has 1 aliphatic rings. The van der Waals surface area contributed by atoms with Gasteiger partial charge < -0.3 is 19.7 Å². The van der Waals surface area contributed by atoms with Crippen LogP contribution in [0.4, 0.5) is 5.00 Å². The van der Waals surface area contributed by atoms with E-state index in [9.17, 15) is 14.9 Å². The summed E-state index contributed by atoms with van der Waals surface area (Å²) in [5.74, 6) is 0.287. The minimum atomic E-state index is -0.330. The first kappa shape index (κ1) is 21.6. The molecule has 0 aliphatic carbocycles. The van der Waals surface area contributed by atoms with Gasteiger partial charge in [-0.1, -0.05) is 18.2 Å². The maximum atomic E-state index is 12.5. The maximum absolute atomic E-state index is 12.5. The van der Waals surface area contributed by atoms with E-state index in [4.69, 9.17) is 9.47 Å². The summed E-state index contributed by atoms with van der Waals surface area (Å²) in [7, 11) is 1.49. The quantitative estimate of drug-likeness (QED) is 0.688. The van der Waals surface area contributed by atoms with Gasteiger partial charge in [-0.25, -0.2) is 0 Å². The SMILES string of the molecule is CCOc1ccccc1C=CC(=O)Nc1sc2c(c1C#N)CCN(C(=O)COC)C2. The Balaban J connectivity index is 1.74. The summed E-state index contributed by atoms with van der Waals surface area (Å²) in [4.78, 5) is 27.2. The number of methoxy groups -OCH3 is 1. The monoisotopic (exact) mass is 425 g/mol. The molecule has 2 amide bonds. The first-order valence-electron chi connectivity index (χ1n) is 9.59. The number of para-hydroxylation sites is 1. The van der Waals surface area contributed by atoms with E-state index in [1.807, 2.05) is 31.2 Å². The number of nitrogens with one attached hydrogen (secondary N) is 1. The number of ether oxygens (including phenoxy) is 2. The zero-order valence-electron chi connectivity index (χ0n) is 16.9. The van der Waals surface area contributed by atoms with Crippen LogP contribution in [-0.4, -0.2) is 43.6 Å². The van der Waals surface area contributed by atoms with E-state index in [1.165, 1.54) is 24.5 Å². The van der Waals surface area contributed by atoms with Crippen molar-refractivity contribution in [3.63, 3.8) is 0 Å². The highest BCUT2D eigenvalue weighted by Crippen LogP contribution is 2.36. The number of benzene rings is 1. The highest BCUT2D eigenvalue weighted by atomic mass is 32.1. The van der Waals surface area contributed by atoms with Crippen molar-refractivity contribution in [1.29, 1.82) is 5.26 Å². The Morgan fingerprint density at radius 1 is 1.37 bits per heavy atom. The second-order valence-corrected chi connectivity index (χ2v) is 7.72. The van der Waals surface area contributed by atoms with Gasteiger partial charge in [-0.15, -0.1) is 11.3 Å². The van der Waals surface area contributed by atoms with Gasteiger partial charge in [0.2, 0.25) is 11.8 Å². The van der Waals surface area contributed by atoms with E-state index in [-0.39, 0.29) is 18.4 Å². The summed E-state index contributed by atoms with van der Waals surface area (Å²) in [6.45, 7) is 3.42. The van der Waals surface area contributed by atoms with Crippen molar-refractivity contribution in [3.8, 4) is 11.8 Å². The highest BCUT2D eigenvalue weighted by molar-refractivity contribution is 7.16. The van der Waals surface area contributed by atoms with Gasteiger partial charge >= 0.3 is 0 Å². The second-order valence-electron chi connectivity index (χ2n) is 6.61. The van der Waals surface area contributed by atoms with Gasteiger partial charge in [0.1, 0.15) is 23.4 Å². The zero-order valence-corrected chi connectivity index (χ0v) is 17.8. The number of hydrogen-bond acceptors (Lipinski definition) is 6. The Bertz CT molecular complexity index is 1010. The van der Waals surface area contributed by atoms with Gasteiger partial charge in [0, 0.05) is 30.2 Å². The molecule has 156 valence electrons. The average molecular weight is 426 g/mol. The lowest BCUT2D eigenvalue weighted by atomic mass is 10.0. The molecule has 30 heavy (non-hydrogen) atoms. The lowest BCUT2D eigenvalue weighted by molar-refractivity contribution is -0.136. The summed E-state index contributed by atoms with van der Waals surface area (Å²) < 4.78 is 10.5. The number of nitriles is 1. The molecule has 7 nitrogen and oxygen atoms in total. The molecule has 8 heteroatoms. The summed E-state index contributed by atoms with van der Waals surface area (Å²) in [5.41, 5.74) is 2.18. The Kier molecular flexibility index (Phi) is 7.22. The third kappa shape index (κ3) is 4.87. The molecule has 0 saturated heterocycles. The van der Waals surface area contributed by atoms with Crippen molar-refractivity contribution in [2.75, 3.05) is 32.2 Å². The number of carbonyl (C=O) groups excluding carboxylic acids is 2. The molecule has 1 aromatic heterocycles. The van der Waals surface area contributed by atoms with Crippen LogP contribution in [0.25, 0.3) is 6.08 Å². The Labute approximate surface area is 179 Å². The van der Waals surface area contributed by atoms with Gasteiger partial charge in [-0.2, -0.15) is 5.26 Å². The molecular weight excluding hydrogens is 402 g/mol. The average Bonchev–Trinajstić information content (AvgIpc) is 3.09. The molecule has 0 atom stereocenters. The maximum Gasteiger partial charge on any atom is 0.249 e. The summed E-state index contributed by atoms with van der Waals surface area (Å²) in [5, 5.41) is 12.9. The predicted molar refractivity (Wildman–Crippen MR) is 115 cm³/mol. The topological polar surface area (TPSA) is 91.7 Å². The van der Waals surface area contributed by atoms with Crippen LogP contribution in [0, 0.1) is 11.3 Å². The normalized spacial score (nSPS) is 13.0. The number of hydrogen-bond donors (Lipinski definition) is 1. The molecule has 0 fully saturated rings. The summed E-state index contributed by atoms with van der Waals surface area (Å²) in [6.07, 6.45) is 3.69. The number of thiophene rings is 1. The molecule has 1 aliphatic heterocycles. The molecule has 2 aromatic rings. The summed E-state index contributed by atoms with van der Waals surface area (Å²) >= 11 is 1.34. The van der Waals surface area contributed by atoms with Crippen molar-refractivity contribution < 1.29 is 19.1 Å². The summed E-state index contributed by atoms with van der Waals surface area (Å²) in [6, 6.07) is 9.66. The molecule has 0 saturated carbocycles. The molecule has 0 spiro atoms. The number of anilines is 1. The van der Waals surface area contributed by atoms with Gasteiger partial charge in [-0.3, -0.25) is 9.59 Å². The van der Waals surface area contributed by atoms with Crippen LogP contribution in [0.2, 0.25) is 0 Å².